The number of pyridine rings is 1. The van der Waals surface area contributed by atoms with Crippen LogP contribution < -0.4 is 9.80 Å². The molecule has 0 aliphatic carbocycles. The van der Waals surface area contributed by atoms with Gasteiger partial charge in [0.1, 0.15) is 0 Å². The van der Waals surface area contributed by atoms with Crippen LogP contribution in [0, 0.1) is 6.92 Å². The van der Waals surface area contributed by atoms with E-state index in [0.29, 0.717) is 17.7 Å². The number of amides is 2. The summed E-state index contributed by atoms with van der Waals surface area (Å²) in [6, 6.07) is 18.7. The highest BCUT2D eigenvalue weighted by Gasteiger charge is 2.20. The smallest absolute Gasteiger partial charge is 0.259 e. The van der Waals surface area contributed by atoms with E-state index in [1.165, 1.54) is 12.4 Å². The standard InChI is InChI=1S/C23H23N3O2/c1-4-26(21-12-8-9-17(2)13-21)23(28)19-14-18(15-24-16-19)22(27)25(3)20-10-6-5-7-11-20/h5-16H,4H2,1-3H3. The lowest BCUT2D eigenvalue weighted by molar-refractivity contribution is 0.0988. The van der Waals surface area contributed by atoms with Gasteiger partial charge < -0.3 is 9.80 Å². The van der Waals surface area contributed by atoms with Crippen molar-refractivity contribution in [1.82, 2.24) is 4.98 Å². The van der Waals surface area contributed by atoms with Crippen molar-refractivity contribution in [3.05, 3.63) is 89.7 Å². The maximum absolute atomic E-state index is 13.1. The van der Waals surface area contributed by atoms with E-state index in [4.69, 9.17) is 0 Å². The number of aromatic nitrogens is 1. The first kappa shape index (κ1) is 19.3. The third-order valence-electron chi connectivity index (χ3n) is 4.55. The summed E-state index contributed by atoms with van der Waals surface area (Å²) in [5.41, 5.74) is 3.44. The van der Waals surface area contributed by atoms with Crippen molar-refractivity contribution >= 4 is 23.2 Å². The number of hydrogen-bond acceptors (Lipinski definition) is 3. The second-order valence-electron chi connectivity index (χ2n) is 6.55. The molecule has 2 aromatic carbocycles. The zero-order chi connectivity index (χ0) is 20.1. The van der Waals surface area contributed by atoms with E-state index in [-0.39, 0.29) is 11.8 Å². The normalized spacial score (nSPS) is 10.4. The lowest BCUT2D eigenvalue weighted by Crippen LogP contribution is -2.31. The van der Waals surface area contributed by atoms with Crippen molar-refractivity contribution in [3.63, 3.8) is 0 Å². The summed E-state index contributed by atoms with van der Waals surface area (Å²) in [6.07, 6.45) is 2.99. The molecule has 0 bridgehead atoms. The molecular formula is C23H23N3O2. The number of benzene rings is 2. The highest BCUT2D eigenvalue weighted by Crippen LogP contribution is 2.20. The maximum Gasteiger partial charge on any atom is 0.259 e. The Labute approximate surface area is 165 Å². The average molecular weight is 373 g/mol. The van der Waals surface area contributed by atoms with Gasteiger partial charge in [-0.25, -0.2) is 0 Å². The molecule has 5 nitrogen and oxygen atoms in total. The molecule has 0 aliphatic heterocycles. The molecule has 3 aromatic rings. The molecule has 0 N–H and O–H groups in total. The quantitative estimate of drug-likeness (QED) is 0.669. The second-order valence-corrected chi connectivity index (χ2v) is 6.55. The molecule has 0 atom stereocenters. The van der Waals surface area contributed by atoms with Gasteiger partial charge in [0, 0.05) is 37.4 Å². The molecule has 3 rings (SSSR count). The summed E-state index contributed by atoms with van der Waals surface area (Å²) in [5, 5.41) is 0. The third-order valence-corrected chi connectivity index (χ3v) is 4.55. The number of aryl methyl sites for hydroxylation is 1. The van der Waals surface area contributed by atoms with Crippen LogP contribution in [0.2, 0.25) is 0 Å². The Morgan fingerprint density at radius 3 is 2.14 bits per heavy atom. The van der Waals surface area contributed by atoms with Gasteiger partial charge in [-0.3, -0.25) is 14.6 Å². The van der Waals surface area contributed by atoms with Crippen LogP contribution in [0.1, 0.15) is 33.2 Å². The van der Waals surface area contributed by atoms with E-state index in [0.717, 1.165) is 16.9 Å². The molecule has 0 saturated heterocycles. The largest absolute Gasteiger partial charge is 0.311 e. The highest BCUT2D eigenvalue weighted by atomic mass is 16.2. The Kier molecular flexibility index (Phi) is 5.84. The minimum atomic E-state index is -0.216. The van der Waals surface area contributed by atoms with Crippen molar-refractivity contribution in [1.29, 1.82) is 0 Å². The van der Waals surface area contributed by atoms with Crippen molar-refractivity contribution in [2.45, 2.75) is 13.8 Å². The first-order valence-electron chi connectivity index (χ1n) is 9.18. The predicted molar refractivity (Wildman–Crippen MR) is 112 cm³/mol. The zero-order valence-electron chi connectivity index (χ0n) is 16.3. The van der Waals surface area contributed by atoms with E-state index in [9.17, 15) is 9.59 Å². The zero-order valence-corrected chi connectivity index (χ0v) is 16.3. The van der Waals surface area contributed by atoms with Crippen LogP contribution >= 0.6 is 0 Å². The SMILES string of the molecule is CCN(C(=O)c1cncc(C(=O)N(C)c2ccccc2)c1)c1cccc(C)c1. The van der Waals surface area contributed by atoms with Crippen LogP contribution in [0.25, 0.3) is 0 Å². The topological polar surface area (TPSA) is 53.5 Å². The van der Waals surface area contributed by atoms with E-state index in [2.05, 4.69) is 4.98 Å². The first-order valence-corrected chi connectivity index (χ1v) is 9.18. The molecule has 0 aliphatic rings. The van der Waals surface area contributed by atoms with Crippen LogP contribution in [0.4, 0.5) is 11.4 Å². The molecule has 1 heterocycles. The third kappa shape index (κ3) is 4.09. The van der Waals surface area contributed by atoms with Gasteiger partial charge in [-0.15, -0.1) is 0 Å². The van der Waals surface area contributed by atoms with Gasteiger partial charge in [0.15, 0.2) is 0 Å². The van der Waals surface area contributed by atoms with Gasteiger partial charge >= 0.3 is 0 Å². The van der Waals surface area contributed by atoms with Crippen molar-refractivity contribution in [2.75, 3.05) is 23.4 Å². The van der Waals surface area contributed by atoms with Crippen LogP contribution in [0.3, 0.4) is 0 Å². The Morgan fingerprint density at radius 1 is 0.857 bits per heavy atom. The summed E-state index contributed by atoms with van der Waals surface area (Å²) in [6.45, 7) is 4.43. The monoisotopic (exact) mass is 373 g/mol. The van der Waals surface area contributed by atoms with Gasteiger partial charge in [-0.05, 0) is 49.7 Å². The van der Waals surface area contributed by atoms with E-state index < -0.39 is 0 Å². The lowest BCUT2D eigenvalue weighted by atomic mass is 10.1. The minimum absolute atomic E-state index is 0.183. The molecule has 0 spiro atoms. The van der Waals surface area contributed by atoms with Crippen LogP contribution in [0.15, 0.2) is 73.1 Å². The number of anilines is 2. The van der Waals surface area contributed by atoms with Gasteiger partial charge in [0.05, 0.1) is 11.1 Å². The second kappa shape index (κ2) is 8.48. The Morgan fingerprint density at radius 2 is 1.50 bits per heavy atom. The summed E-state index contributed by atoms with van der Waals surface area (Å²) in [7, 11) is 1.71. The van der Waals surface area contributed by atoms with Gasteiger partial charge in [0.2, 0.25) is 0 Å². The molecule has 2 amide bonds. The molecule has 0 fully saturated rings. The molecule has 28 heavy (non-hydrogen) atoms. The van der Waals surface area contributed by atoms with E-state index >= 15 is 0 Å². The highest BCUT2D eigenvalue weighted by molar-refractivity contribution is 6.09. The fourth-order valence-electron chi connectivity index (χ4n) is 3.03. The number of rotatable bonds is 5. The molecular weight excluding hydrogens is 350 g/mol. The van der Waals surface area contributed by atoms with E-state index in [1.54, 1.807) is 22.9 Å². The predicted octanol–water partition coefficient (Wildman–Crippen LogP) is 4.33. The molecule has 0 radical (unpaired) electrons. The number of para-hydroxylation sites is 1. The number of hydrogen-bond donors (Lipinski definition) is 0. The maximum atomic E-state index is 13.1. The summed E-state index contributed by atoms with van der Waals surface area (Å²) < 4.78 is 0. The molecule has 5 heteroatoms. The minimum Gasteiger partial charge on any atom is -0.311 e. The van der Waals surface area contributed by atoms with Crippen LogP contribution in [0.5, 0.6) is 0 Å². The van der Waals surface area contributed by atoms with Gasteiger partial charge in [0.25, 0.3) is 11.8 Å². The summed E-state index contributed by atoms with van der Waals surface area (Å²) in [4.78, 5) is 33.3. The fourth-order valence-corrected chi connectivity index (χ4v) is 3.03. The van der Waals surface area contributed by atoms with Gasteiger partial charge in [-0.2, -0.15) is 0 Å². The molecule has 142 valence electrons. The van der Waals surface area contributed by atoms with Crippen molar-refractivity contribution < 1.29 is 9.59 Å². The molecule has 1 aromatic heterocycles. The molecule has 0 unspecified atom stereocenters. The average Bonchev–Trinajstić information content (AvgIpc) is 2.74. The first-order chi connectivity index (χ1) is 13.5. The Bertz CT molecular complexity index is 986. The van der Waals surface area contributed by atoms with Gasteiger partial charge in [-0.1, -0.05) is 30.3 Å². The molecule has 0 saturated carbocycles. The summed E-state index contributed by atoms with van der Waals surface area (Å²) >= 11 is 0. The van der Waals surface area contributed by atoms with Crippen molar-refractivity contribution in [3.8, 4) is 0 Å². The van der Waals surface area contributed by atoms with Crippen LogP contribution in [-0.4, -0.2) is 30.4 Å². The summed E-state index contributed by atoms with van der Waals surface area (Å²) in [5.74, 6) is -0.399. The fraction of sp³-hybridized carbons (Fsp3) is 0.174. The number of carbonyl (C=O) groups is 2. The van der Waals surface area contributed by atoms with Crippen molar-refractivity contribution in [2.24, 2.45) is 0 Å². The van der Waals surface area contributed by atoms with Crippen LogP contribution in [-0.2, 0) is 0 Å². The Balaban J connectivity index is 1.87. The number of nitrogens with zero attached hydrogens (tertiary/aromatic N) is 3. The lowest BCUT2D eigenvalue weighted by Gasteiger charge is -2.22. The number of carbonyl (C=O) groups excluding carboxylic acids is 2. The van der Waals surface area contributed by atoms with E-state index in [1.807, 2.05) is 68.4 Å². The Hall–Kier alpha value is -3.47.